The Morgan fingerprint density at radius 3 is 2.53 bits per heavy atom. The first kappa shape index (κ1) is 13.5. The van der Waals surface area contributed by atoms with Crippen molar-refractivity contribution in [3.05, 3.63) is 47.8 Å². The summed E-state index contributed by atoms with van der Waals surface area (Å²) in [5.74, 6) is -0.340. The molecule has 0 bridgehead atoms. The summed E-state index contributed by atoms with van der Waals surface area (Å²) in [4.78, 5) is 14.1. The first-order chi connectivity index (χ1) is 9.15. The van der Waals surface area contributed by atoms with E-state index in [1.807, 2.05) is 6.07 Å². The topological polar surface area (TPSA) is 20.3 Å². The number of carbonyl (C=O) groups is 1. The maximum absolute atomic E-state index is 13.7. The first-order valence-corrected chi connectivity index (χ1v) is 6.58. The van der Waals surface area contributed by atoms with Crippen LogP contribution in [0.5, 0.6) is 0 Å². The molecule has 3 heteroatoms. The predicted molar refractivity (Wildman–Crippen MR) is 75.8 cm³/mol. The van der Waals surface area contributed by atoms with Gasteiger partial charge in [-0.15, -0.1) is 0 Å². The molecule has 0 saturated heterocycles. The zero-order valence-electron chi connectivity index (χ0n) is 11.3. The first-order valence-electron chi connectivity index (χ1n) is 6.58. The SMILES string of the molecule is CCCCN(C)C(=O)c1ccc(F)c2ccccc12. The molecule has 0 aliphatic heterocycles. The Hall–Kier alpha value is -1.90. The van der Waals surface area contributed by atoms with E-state index in [2.05, 4.69) is 6.92 Å². The molecule has 100 valence electrons. The van der Waals surface area contributed by atoms with Crippen LogP contribution in [-0.4, -0.2) is 24.4 Å². The van der Waals surface area contributed by atoms with Gasteiger partial charge in [0, 0.05) is 24.5 Å². The van der Waals surface area contributed by atoms with Gasteiger partial charge in [-0.2, -0.15) is 0 Å². The van der Waals surface area contributed by atoms with Gasteiger partial charge in [0.2, 0.25) is 0 Å². The molecule has 0 fully saturated rings. The molecule has 2 aromatic carbocycles. The second-order valence-electron chi connectivity index (χ2n) is 4.72. The molecular formula is C16H18FNO. The minimum absolute atomic E-state index is 0.0512. The summed E-state index contributed by atoms with van der Waals surface area (Å²) >= 11 is 0. The molecule has 0 atom stereocenters. The molecule has 19 heavy (non-hydrogen) atoms. The Labute approximate surface area is 112 Å². The van der Waals surface area contributed by atoms with Gasteiger partial charge in [0.1, 0.15) is 5.82 Å². The highest BCUT2D eigenvalue weighted by atomic mass is 19.1. The van der Waals surface area contributed by atoms with Crippen LogP contribution >= 0.6 is 0 Å². The highest BCUT2D eigenvalue weighted by Crippen LogP contribution is 2.22. The number of rotatable bonds is 4. The summed E-state index contributed by atoms with van der Waals surface area (Å²) in [5, 5.41) is 1.17. The lowest BCUT2D eigenvalue weighted by Crippen LogP contribution is -2.27. The van der Waals surface area contributed by atoms with Gasteiger partial charge in [-0.1, -0.05) is 37.6 Å². The number of hydrogen-bond acceptors (Lipinski definition) is 1. The normalized spacial score (nSPS) is 10.7. The lowest BCUT2D eigenvalue weighted by molar-refractivity contribution is 0.0795. The number of nitrogens with zero attached hydrogens (tertiary/aromatic N) is 1. The summed E-state index contributed by atoms with van der Waals surface area (Å²) in [7, 11) is 1.79. The summed E-state index contributed by atoms with van der Waals surface area (Å²) < 4.78 is 13.7. The number of hydrogen-bond donors (Lipinski definition) is 0. The van der Waals surface area contributed by atoms with Crippen LogP contribution in [0, 0.1) is 5.82 Å². The van der Waals surface area contributed by atoms with E-state index in [9.17, 15) is 9.18 Å². The van der Waals surface area contributed by atoms with E-state index >= 15 is 0 Å². The van der Waals surface area contributed by atoms with Gasteiger partial charge in [0.15, 0.2) is 0 Å². The third-order valence-electron chi connectivity index (χ3n) is 3.30. The molecule has 0 N–H and O–H groups in total. The van der Waals surface area contributed by atoms with E-state index < -0.39 is 0 Å². The van der Waals surface area contributed by atoms with Gasteiger partial charge in [-0.25, -0.2) is 4.39 Å². The molecule has 0 aliphatic carbocycles. The van der Waals surface area contributed by atoms with Crippen molar-refractivity contribution in [2.45, 2.75) is 19.8 Å². The Kier molecular flexibility index (Phi) is 4.15. The van der Waals surface area contributed by atoms with Crippen LogP contribution in [0.2, 0.25) is 0 Å². The van der Waals surface area contributed by atoms with Crippen molar-refractivity contribution >= 4 is 16.7 Å². The molecule has 0 saturated carbocycles. The number of carbonyl (C=O) groups excluding carboxylic acids is 1. The van der Waals surface area contributed by atoms with Gasteiger partial charge >= 0.3 is 0 Å². The number of amides is 1. The minimum atomic E-state index is -0.289. The highest BCUT2D eigenvalue weighted by molar-refractivity contribution is 6.07. The van der Waals surface area contributed by atoms with Crippen molar-refractivity contribution in [3.63, 3.8) is 0 Å². The molecule has 0 radical (unpaired) electrons. The van der Waals surface area contributed by atoms with Crippen molar-refractivity contribution in [2.24, 2.45) is 0 Å². The van der Waals surface area contributed by atoms with Crippen LogP contribution in [-0.2, 0) is 0 Å². The average Bonchev–Trinajstić information content (AvgIpc) is 2.45. The van der Waals surface area contributed by atoms with Crippen LogP contribution < -0.4 is 0 Å². The lowest BCUT2D eigenvalue weighted by atomic mass is 10.0. The standard InChI is InChI=1S/C16H18FNO/c1-3-4-11-18(2)16(19)14-9-10-15(17)13-8-6-5-7-12(13)14/h5-10H,3-4,11H2,1-2H3. The van der Waals surface area contributed by atoms with Crippen LogP contribution in [0.4, 0.5) is 4.39 Å². The monoisotopic (exact) mass is 259 g/mol. The summed E-state index contributed by atoms with van der Waals surface area (Å²) in [5.41, 5.74) is 0.565. The van der Waals surface area contributed by atoms with Gasteiger partial charge in [-0.05, 0) is 23.9 Å². The molecule has 1 amide bonds. The predicted octanol–water partition coefficient (Wildman–Crippen LogP) is 3.85. The fourth-order valence-electron chi connectivity index (χ4n) is 2.15. The number of fused-ring (bicyclic) bond motifs is 1. The Morgan fingerprint density at radius 2 is 1.84 bits per heavy atom. The van der Waals surface area contributed by atoms with E-state index in [-0.39, 0.29) is 11.7 Å². The summed E-state index contributed by atoms with van der Waals surface area (Å²) in [6.07, 6.45) is 2.02. The molecule has 0 heterocycles. The second-order valence-corrected chi connectivity index (χ2v) is 4.72. The third kappa shape index (κ3) is 2.75. The molecule has 2 nitrogen and oxygen atoms in total. The molecule has 2 rings (SSSR count). The zero-order chi connectivity index (χ0) is 13.8. The molecule has 0 spiro atoms. The summed E-state index contributed by atoms with van der Waals surface area (Å²) in [6.45, 7) is 2.81. The fraction of sp³-hybridized carbons (Fsp3) is 0.312. The van der Waals surface area contributed by atoms with Gasteiger partial charge in [-0.3, -0.25) is 4.79 Å². The van der Waals surface area contributed by atoms with Gasteiger partial charge < -0.3 is 4.90 Å². The van der Waals surface area contributed by atoms with E-state index in [0.717, 1.165) is 19.4 Å². The largest absolute Gasteiger partial charge is 0.342 e. The highest BCUT2D eigenvalue weighted by Gasteiger charge is 2.15. The summed E-state index contributed by atoms with van der Waals surface area (Å²) in [6, 6.07) is 10.0. The number of unbranched alkanes of at least 4 members (excludes halogenated alkanes) is 1. The maximum Gasteiger partial charge on any atom is 0.254 e. The second kappa shape index (κ2) is 5.83. The minimum Gasteiger partial charge on any atom is -0.342 e. The molecule has 0 aliphatic rings. The van der Waals surface area contributed by atoms with Gasteiger partial charge in [0.25, 0.3) is 5.91 Å². The van der Waals surface area contributed by atoms with Crippen LogP contribution in [0.1, 0.15) is 30.1 Å². The van der Waals surface area contributed by atoms with Gasteiger partial charge in [0.05, 0.1) is 0 Å². The smallest absolute Gasteiger partial charge is 0.254 e. The quantitative estimate of drug-likeness (QED) is 0.816. The number of benzene rings is 2. The fourth-order valence-corrected chi connectivity index (χ4v) is 2.15. The molecular weight excluding hydrogens is 241 g/mol. The van der Waals surface area contributed by atoms with Crippen molar-refractivity contribution in [2.75, 3.05) is 13.6 Å². The van der Waals surface area contributed by atoms with Crippen molar-refractivity contribution < 1.29 is 9.18 Å². The van der Waals surface area contributed by atoms with E-state index in [1.54, 1.807) is 36.2 Å². The molecule has 2 aromatic rings. The maximum atomic E-state index is 13.7. The zero-order valence-corrected chi connectivity index (χ0v) is 11.3. The van der Waals surface area contributed by atoms with E-state index in [1.165, 1.54) is 6.07 Å². The Balaban J connectivity index is 2.40. The van der Waals surface area contributed by atoms with Crippen molar-refractivity contribution in [1.29, 1.82) is 0 Å². The van der Waals surface area contributed by atoms with Crippen LogP contribution in [0.25, 0.3) is 10.8 Å². The molecule has 0 aromatic heterocycles. The number of halogens is 1. The molecule has 0 unspecified atom stereocenters. The Bertz CT molecular complexity index is 594. The van der Waals surface area contributed by atoms with Crippen molar-refractivity contribution in [1.82, 2.24) is 4.90 Å². The van der Waals surface area contributed by atoms with Crippen LogP contribution in [0.15, 0.2) is 36.4 Å². The lowest BCUT2D eigenvalue weighted by Gasteiger charge is -2.18. The van der Waals surface area contributed by atoms with Crippen LogP contribution in [0.3, 0.4) is 0 Å². The van der Waals surface area contributed by atoms with Crippen molar-refractivity contribution in [3.8, 4) is 0 Å². The third-order valence-corrected chi connectivity index (χ3v) is 3.30. The van der Waals surface area contributed by atoms with E-state index in [4.69, 9.17) is 0 Å². The Morgan fingerprint density at radius 1 is 1.16 bits per heavy atom. The van der Waals surface area contributed by atoms with E-state index in [0.29, 0.717) is 16.3 Å². The average molecular weight is 259 g/mol.